The molecular formula is C19H15Cl2N3O2. The average Bonchev–Trinajstić information content (AvgIpc) is 2.67. The summed E-state index contributed by atoms with van der Waals surface area (Å²) in [6.07, 6.45) is 1.59. The Kier molecular flexibility index (Phi) is 5.61. The lowest BCUT2D eigenvalue weighted by Crippen LogP contribution is -2.14. The predicted octanol–water partition coefficient (Wildman–Crippen LogP) is 5.39. The number of rotatable bonds is 5. The number of carbonyl (C=O) groups excluding carboxylic acids is 1. The molecule has 132 valence electrons. The van der Waals surface area contributed by atoms with Crippen molar-refractivity contribution in [2.24, 2.45) is 0 Å². The van der Waals surface area contributed by atoms with Crippen LogP contribution >= 0.6 is 23.2 Å². The molecule has 1 amide bonds. The Bertz CT molecular complexity index is 930. The highest BCUT2D eigenvalue weighted by Gasteiger charge is 2.12. The predicted molar refractivity (Wildman–Crippen MR) is 105 cm³/mol. The van der Waals surface area contributed by atoms with Crippen LogP contribution in [0.15, 0.2) is 60.8 Å². The number of nitrogens with zero attached hydrogens (tertiary/aromatic N) is 1. The van der Waals surface area contributed by atoms with Crippen LogP contribution < -0.4 is 15.4 Å². The van der Waals surface area contributed by atoms with E-state index in [1.807, 2.05) is 6.07 Å². The number of nitrogens with one attached hydrogen (secondary N) is 2. The summed E-state index contributed by atoms with van der Waals surface area (Å²) in [4.78, 5) is 16.6. The molecule has 0 saturated carbocycles. The molecular weight excluding hydrogens is 373 g/mol. The van der Waals surface area contributed by atoms with E-state index in [2.05, 4.69) is 15.6 Å². The van der Waals surface area contributed by atoms with E-state index < -0.39 is 0 Å². The van der Waals surface area contributed by atoms with Gasteiger partial charge in [-0.2, -0.15) is 0 Å². The Balaban J connectivity index is 1.71. The van der Waals surface area contributed by atoms with Crippen molar-refractivity contribution in [3.8, 4) is 5.75 Å². The summed E-state index contributed by atoms with van der Waals surface area (Å²) < 4.78 is 5.20. The number of anilines is 3. The van der Waals surface area contributed by atoms with Gasteiger partial charge in [-0.3, -0.25) is 4.79 Å². The molecule has 1 aromatic heterocycles. The molecule has 0 bridgehead atoms. The molecule has 1 heterocycles. The van der Waals surface area contributed by atoms with E-state index in [-0.39, 0.29) is 5.91 Å². The van der Waals surface area contributed by atoms with Crippen LogP contribution in [0, 0.1) is 0 Å². The molecule has 5 nitrogen and oxygen atoms in total. The van der Waals surface area contributed by atoms with Gasteiger partial charge < -0.3 is 15.4 Å². The zero-order valence-electron chi connectivity index (χ0n) is 13.8. The highest BCUT2D eigenvalue weighted by molar-refractivity contribution is 6.43. The number of halogens is 2. The number of para-hydroxylation sites is 1. The second kappa shape index (κ2) is 8.08. The molecule has 3 rings (SSSR count). The molecule has 0 aliphatic rings. The molecule has 26 heavy (non-hydrogen) atoms. The van der Waals surface area contributed by atoms with Crippen molar-refractivity contribution >= 4 is 46.3 Å². The third-order valence-corrected chi connectivity index (χ3v) is 4.41. The van der Waals surface area contributed by atoms with Gasteiger partial charge in [-0.25, -0.2) is 4.98 Å². The number of benzene rings is 2. The summed E-state index contributed by atoms with van der Waals surface area (Å²) in [6.45, 7) is 0. The lowest BCUT2D eigenvalue weighted by molar-refractivity contribution is 0.102. The minimum atomic E-state index is -0.298. The van der Waals surface area contributed by atoms with Crippen molar-refractivity contribution < 1.29 is 9.53 Å². The molecule has 0 spiro atoms. The molecule has 0 saturated heterocycles. The van der Waals surface area contributed by atoms with E-state index in [1.54, 1.807) is 54.7 Å². The van der Waals surface area contributed by atoms with Gasteiger partial charge in [0.2, 0.25) is 0 Å². The van der Waals surface area contributed by atoms with Gasteiger partial charge in [0.15, 0.2) is 0 Å². The van der Waals surface area contributed by atoms with E-state index in [9.17, 15) is 4.79 Å². The molecule has 3 aromatic rings. The SMILES string of the molecule is COc1ccccc1C(=O)Nc1ccc(Nc2cccc(Cl)c2Cl)cn1. The van der Waals surface area contributed by atoms with Gasteiger partial charge in [0.05, 0.1) is 40.3 Å². The third-order valence-electron chi connectivity index (χ3n) is 3.59. The maximum Gasteiger partial charge on any atom is 0.260 e. The van der Waals surface area contributed by atoms with Crippen LogP contribution in [-0.2, 0) is 0 Å². The van der Waals surface area contributed by atoms with Gasteiger partial charge in [0.25, 0.3) is 5.91 Å². The monoisotopic (exact) mass is 387 g/mol. The van der Waals surface area contributed by atoms with Gasteiger partial charge in [0.1, 0.15) is 11.6 Å². The van der Waals surface area contributed by atoms with Crippen LogP contribution in [0.2, 0.25) is 10.0 Å². The first-order valence-electron chi connectivity index (χ1n) is 7.70. The molecule has 0 aliphatic heterocycles. The fourth-order valence-corrected chi connectivity index (χ4v) is 2.66. The lowest BCUT2D eigenvalue weighted by atomic mass is 10.2. The third kappa shape index (κ3) is 4.07. The first-order chi connectivity index (χ1) is 12.6. The van der Waals surface area contributed by atoms with Crippen LogP contribution in [0.4, 0.5) is 17.2 Å². The van der Waals surface area contributed by atoms with E-state index in [4.69, 9.17) is 27.9 Å². The number of carbonyl (C=O) groups is 1. The maximum atomic E-state index is 12.4. The molecule has 0 unspecified atom stereocenters. The van der Waals surface area contributed by atoms with Crippen LogP contribution in [0.5, 0.6) is 5.75 Å². The number of ether oxygens (including phenoxy) is 1. The second-order valence-corrected chi connectivity index (χ2v) is 6.10. The summed E-state index contributed by atoms with van der Waals surface area (Å²) in [5.74, 6) is 0.621. The number of pyridine rings is 1. The molecule has 7 heteroatoms. The van der Waals surface area contributed by atoms with E-state index >= 15 is 0 Å². The smallest absolute Gasteiger partial charge is 0.260 e. The Labute approximate surface area is 160 Å². The summed E-state index contributed by atoms with van der Waals surface area (Å²) in [6, 6.07) is 15.8. The van der Waals surface area contributed by atoms with Crippen molar-refractivity contribution in [3.63, 3.8) is 0 Å². The number of hydrogen-bond acceptors (Lipinski definition) is 4. The van der Waals surface area contributed by atoms with Crippen molar-refractivity contribution in [3.05, 3.63) is 76.4 Å². The van der Waals surface area contributed by atoms with E-state index in [1.165, 1.54) is 7.11 Å². The number of aromatic nitrogens is 1. The Morgan fingerprint density at radius 3 is 2.58 bits per heavy atom. The van der Waals surface area contributed by atoms with Gasteiger partial charge in [-0.1, -0.05) is 41.4 Å². The van der Waals surface area contributed by atoms with Gasteiger partial charge in [-0.05, 0) is 36.4 Å². The molecule has 0 radical (unpaired) electrons. The molecule has 0 aliphatic carbocycles. The molecule has 2 aromatic carbocycles. The topological polar surface area (TPSA) is 63.2 Å². The molecule has 0 fully saturated rings. The van der Waals surface area contributed by atoms with Crippen molar-refractivity contribution in [1.82, 2.24) is 4.98 Å². The fourth-order valence-electron chi connectivity index (χ4n) is 2.31. The minimum absolute atomic E-state index is 0.298. The summed E-state index contributed by atoms with van der Waals surface area (Å²) in [5, 5.41) is 6.77. The summed E-state index contributed by atoms with van der Waals surface area (Å²) in [5.41, 5.74) is 1.82. The molecule has 2 N–H and O–H groups in total. The molecule has 0 atom stereocenters. The summed E-state index contributed by atoms with van der Waals surface area (Å²) in [7, 11) is 1.52. The normalized spacial score (nSPS) is 10.3. The first-order valence-corrected chi connectivity index (χ1v) is 8.45. The second-order valence-electron chi connectivity index (χ2n) is 5.31. The quantitative estimate of drug-likeness (QED) is 0.615. The van der Waals surface area contributed by atoms with Gasteiger partial charge in [-0.15, -0.1) is 0 Å². The van der Waals surface area contributed by atoms with Crippen LogP contribution in [-0.4, -0.2) is 18.0 Å². The number of amides is 1. The standard InChI is InChI=1S/C19H15Cl2N3O2/c1-26-16-8-3-2-5-13(16)19(25)24-17-10-9-12(11-22-17)23-15-7-4-6-14(20)18(15)21/h2-11,23H,1H3,(H,22,24,25). The fraction of sp³-hybridized carbons (Fsp3) is 0.0526. The van der Waals surface area contributed by atoms with Crippen LogP contribution in [0.3, 0.4) is 0 Å². The van der Waals surface area contributed by atoms with E-state index in [0.29, 0.717) is 38.6 Å². The van der Waals surface area contributed by atoms with E-state index in [0.717, 1.165) is 0 Å². The minimum Gasteiger partial charge on any atom is -0.496 e. The van der Waals surface area contributed by atoms with Crippen molar-refractivity contribution in [2.45, 2.75) is 0 Å². The zero-order valence-corrected chi connectivity index (χ0v) is 15.3. The Hall–Kier alpha value is -2.76. The highest BCUT2D eigenvalue weighted by Crippen LogP contribution is 2.31. The van der Waals surface area contributed by atoms with Gasteiger partial charge >= 0.3 is 0 Å². The number of hydrogen-bond donors (Lipinski definition) is 2. The van der Waals surface area contributed by atoms with Crippen molar-refractivity contribution in [1.29, 1.82) is 0 Å². The highest BCUT2D eigenvalue weighted by atomic mass is 35.5. The first kappa shape index (κ1) is 18.0. The maximum absolute atomic E-state index is 12.4. The lowest BCUT2D eigenvalue weighted by Gasteiger charge is -2.11. The Morgan fingerprint density at radius 1 is 1.04 bits per heavy atom. The average molecular weight is 388 g/mol. The largest absolute Gasteiger partial charge is 0.496 e. The summed E-state index contributed by atoms with van der Waals surface area (Å²) >= 11 is 12.2. The number of methoxy groups -OCH3 is 1. The van der Waals surface area contributed by atoms with Crippen LogP contribution in [0.1, 0.15) is 10.4 Å². The van der Waals surface area contributed by atoms with Crippen molar-refractivity contribution in [2.75, 3.05) is 17.7 Å². The van der Waals surface area contributed by atoms with Crippen LogP contribution in [0.25, 0.3) is 0 Å². The zero-order chi connectivity index (χ0) is 18.5. The Morgan fingerprint density at radius 2 is 1.85 bits per heavy atom. The van der Waals surface area contributed by atoms with Gasteiger partial charge in [0, 0.05) is 0 Å².